The predicted molar refractivity (Wildman–Crippen MR) is 74.8 cm³/mol. The summed E-state index contributed by atoms with van der Waals surface area (Å²) in [7, 11) is 0. The Bertz CT molecular complexity index is 364. The number of hydrogen-bond acceptors (Lipinski definition) is 4. The lowest BCUT2D eigenvalue weighted by atomic mass is 9.87. The van der Waals surface area contributed by atoms with Gasteiger partial charge in [-0.05, 0) is 26.7 Å². The third-order valence-electron chi connectivity index (χ3n) is 3.92. The Hall–Kier alpha value is -0.680. The number of aliphatic hydroxyl groups excluding tert-OH is 1. The molecule has 2 N–H and O–H groups in total. The van der Waals surface area contributed by atoms with Crippen LogP contribution in [-0.2, 0) is 9.47 Å². The van der Waals surface area contributed by atoms with Crippen LogP contribution in [-0.4, -0.2) is 41.8 Å². The van der Waals surface area contributed by atoms with Crippen molar-refractivity contribution in [2.24, 2.45) is 0 Å². The summed E-state index contributed by atoms with van der Waals surface area (Å²) in [4.78, 5) is 0. The fourth-order valence-corrected chi connectivity index (χ4v) is 2.68. The van der Waals surface area contributed by atoms with E-state index in [0.717, 1.165) is 12.8 Å². The van der Waals surface area contributed by atoms with Crippen LogP contribution < -0.4 is 5.32 Å². The van der Waals surface area contributed by atoms with E-state index in [1.165, 1.54) is 0 Å². The fourth-order valence-electron chi connectivity index (χ4n) is 2.68. The Labute approximate surface area is 115 Å². The van der Waals surface area contributed by atoms with Gasteiger partial charge in [0.1, 0.15) is 6.10 Å². The van der Waals surface area contributed by atoms with Crippen molar-refractivity contribution in [3.05, 3.63) is 24.3 Å². The van der Waals surface area contributed by atoms with Crippen LogP contribution in [0.3, 0.4) is 0 Å². The molecule has 1 saturated heterocycles. The minimum atomic E-state index is -0.554. The highest BCUT2D eigenvalue weighted by Gasteiger charge is 2.39. The quantitative estimate of drug-likeness (QED) is 0.797. The molecule has 2 rings (SSSR count). The number of ether oxygens (including phenoxy) is 2. The monoisotopic (exact) mass is 267 g/mol. The number of aliphatic hydroxyl groups is 1. The van der Waals surface area contributed by atoms with Crippen LogP contribution in [0.25, 0.3) is 0 Å². The molecular formula is C15H25NO3. The summed E-state index contributed by atoms with van der Waals surface area (Å²) in [6.45, 7) is 6.52. The van der Waals surface area contributed by atoms with E-state index in [9.17, 15) is 5.11 Å². The van der Waals surface area contributed by atoms with Crippen LogP contribution in [0.2, 0.25) is 0 Å². The molecule has 0 amide bonds. The molecule has 3 atom stereocenters. The first-order chi connectivity index (χ1) is 9.00. The average Bonchev–Trinajstić information content (AvgIpc) is 2.77. The molecule has 0 bridgehead atoms. The molecule has 0 saturated carbocycles. The summed E-state index contributed by atoms with van der Waals surface area (Å²) in [5, 5.41) is 13.2. The second-order valence-electron chi connectivity index (χ2n) is 5.80. The van der Waals surface area contributed by atoms with Gasteiger partial charge in [-0.25, -0.2) is 0 Å². The Balaban J connectivity index is 2.02. The summed E-state index contributed by atoms with van der Waals surface area (Å²) in [5.41, 5.74) is -0.0851. The van der Waals surface area contributed by atoms with E-state index < -0.39 is 5.79 Å². The molecule has 0 aromatic rings. The van der Waals surface area contributed by atoms with Gasteiger partial charge in [0, 0.05) is 5.54 Å². The lowest BCUT2D eigenvalue weighted by Crippen LogP contribution is -2.55. The molecular weight excluding hydrogens is 242 g/mol. The van der Waals surface area contributed by atoms with Crippen molar-refractivity contribution in [1.82, 2.24) is 5.32 Å². The Morgan fingerprint density at radius 3 is 2.68 bits per heavy atom. The van der Waals surface area contributed by atoms with Gasteiger partial charge in [0.15, 0.2) is 5.79 Å². The number of hydrogen-bond donors (Lipinski definition) is 2. The minimum Gasteiger partial charge on any atom is -0.395 e. The van der Waals surface area contributed by atoms with Gasteiger partial charge in [-0.3, -0.25) is 0 Å². The lowest BCUT2D eigenvalue weighted by molar-refractivity contribution is -0.143. The summed E-state index contributed by atoms with van der Waals surface area (Å²) in [6, 6.07) is -0.113. The number of nitrogens with one attached hydrogen (secondary N) is 1. The highest BCUT2D eigenvalue weighted by molar-refractivity contribution is 5.21. The van der Waals surface area contributed by atoms with Crippen LogP contribution in [0, 0.1) is 0 Å². The first-order valence-corrected chi connectivity index (χ1v) is 7.05. The molecule has 1 fully saturated rings. The smallest absolute Gasteiger partial charge is 0.163 e. The molecule has 4 heteroatoms. The van der Waals surface area contributed by atoms with E-state index in [1.807, 2.05) is 13.8 Å². The zero-order valence-electron chi connectivity index (χ0n) is 12.1. The van der Waals surface area contributed by atoms with E-state index in [2.05, 4.69) is 36.5 Å². The maximum atomic E-state index is 9.66. The topological polar surface area (TPSA) is 50.7 Å². The van der Waals surface area contributed by atoms with Crippen LogP contribution in [0.4, 0.5) is 0 Å². The van der Waals surface area contributed by atoms with Crippen molar-refractivity contribution in [2.75, 3.05) is 13.2 Å². The Kier molecular flexibility index (Phi) is 4.46. The van der Waals surface area contributed by atoms with Crippen molar-refractivity contribution in [3.8, 4) is 0 Å². The second-order valence-corrected chi connectivity index (χ2v) is 5.80. The van der Waals surface area contributed by atoms with Crippen molar-refractivity contribution in [1.29, 1.82) is 0 Å². The third-order valence-corrected chi connectivity index (χ3v) is 3.92. The van der Waals surface area contributed by atoms with Crippen molar-refractivity contribution in [2.45, 2.75) is 57.1 Å². The summed E-state index contributed by atoms with van der Waals surface area (Å²) in [5.74, 6) is -0.554. The lowest BCUT2D eigenvalue weighted by Gasteiger charge is -2.37. The van der Waals surface area contributed by atoms with Gasteiger partial charge in [0.05, 0.1) is 19.3 Å². The zero-order valence-corrected chi connectivity index (χ0v) is 12.1. The SMILES string of the molecule is CCC1(N[C@@H](CO)[C@@H]2COC(C)(C)O2)C=CC=CC1. The second kappa shape index (κ2) is 5.75. The van der Waals surface area contributed by atoms with Gasteiger partial charge in [-0.15, -0.1) is 0 Å². The van der Waals surface area contributed by atoms with E-state index in [4.69, 9.17) is 9.47 Å². The van der Waals surface area contributed by atoms with Gasteiger partial charge in [-0.2, -0.15) is 0 Å². The summed E-state index contributed by atoms with van der Waals surface area (Å²) in [6.07, 6.45) is 10.3. The van der Waals surface area contributed by atoms with E-state index in [0.29, 0.717) is 6.61 Å². The maximum absolute atomic E-state index is 9.66. The normalized spacial score (nSPS) is 34.6. The molecule has 1 aliphatic carbocycles. The molecule has 0 spiro atoms. The van der Waals surface area contributed by atoms with Gasteiger partial charge in [0.2, 0.25) is 0 Å². The number of allylic oxidation sites excluding steroid dienone is 2. The maximum Gasteiger partial charge on any atom is 0.163 e. The largest absolute Gasteiger partial charge is 0.395 e. The first-order valence-electron chi connectivity index (χ1n) is 7.05. The van der Waals surface area contributed by atoms with E-state index in [-0.39, 0.29) is 24.3 Å². The molecule has 19 heavy (non-hydrogen) atoms. The van der Waals surface area contributed by atoms with Crippen molar-refractivity contribution < 1.29 is 14.6 Å². The highest BCUT2D eigenvalue weighted by Crippen LogP contribution is 2.27. The fraction of sp³-hybridized carbons (Fsp3) is 0.733. The van der Waals surface area contributed by atoms with Gasteiger partial charge >= 0.3 is 0 Å². The van der Waals surface area contributed by atoms with Gasteiger partial charge < -0.3 is 19.9 Å². The molecule has 1 heterocycles. The Morgan fingerprint density at radius 2 is 2.21 bits per heavy atom. The molecule has 108 valence electrons. The van der Waals surface area contributed by atoms with E-state index >= 15 is 0 Å². The third kappa shape index (κ3) is 3.45. The Morgan fingerprint density at radius 1 is 1.42 bits per heavy atom. The van der Waals surface area contributed by atoms with Crippen LogP contribution >= 0.6 is 0 Å². The molecule has 1 aliphatic heterocycles. The van der Waals surface area contributed by atoms with Gasteiger partial charge in [0.25, 0.3) is 0 Å². The van der Waals surface area contributed by atoms with E-state index in [1.54, 1.807) is 0 Å². The molecule has 0 aromatic heterocycles. The highest BCUT2D eigenvalue weighted by atomic mass is 16.7. The molecule has 1 unspecified atom stereocenters. The van der Waals surface area contributed by atoms with Crippen molar-refractivity contribution in [3.63, 3.8) is 0 Å². The summed E-state index contributed by atoms with van der Waals surface area (Å²) >= 11 is 0. The zero-order chi connectivity index (χ0) is 13.9. The summed E-state index contributed by atoms with van der Waals surface area (Å²) < 4.78 is 11.4. The minimum absolute atomic E-state index is 0.0451. The van der Waals surface area contributed by atoms with Crippen LogP contribution in [0.15, 0.2) is 24.3 Å². The predicted octanol–water partition coefficient (Wildman–Crippen LogP) is 1.75. The molecule has 0 aromatic carbocycles. The first kappa shape index (κ1) is 14.7. The van der Waals surface area contributed by atoms with Crippen molar-refractivity contribution >= 4 is 0 Å². The van der Waals surface area contributed by atoms with Crippen LogP contribution in [0.1, 0.15) is 33.6 Å². The molecule has 2 aliphatic rings. The number of rotatable bonds is 5. The standard InChI is InChI=1S/C15H25NO3/c1-4-15(8-6-5-7-9-15)16-12(10-17)13-11-18-14(2,3)19-13/h5-8,12-13,16-17H,4,9-11H2,1-3H3/t12-,13-,15?/m0/s1. The van der Waals surface area contributed by atoms with Gasteiger partial charge in [-0.1, -0.05) is 31.2 Å². The van der Waals surface area contributed by atoms with Crippen LogP contribution in [0.5, 0.6) is 0 Å². The molecule has 0 radical (unpaired) electrons. The average molecular weight is 267 g/mol. The molecule has 4 nitrogen and oxygen atoms in total.